The Morgan fingerprint density at radius 2 is 2.07 bits per heavy atom. The van der Waals surface area contributed by atoms with E-state index < -0.39 is 5.97 Å². The number of hydrogen-bond donors (Lipinski definition) is 1. The van der Waals surface area contributed by atoms with Crippen LogP contribution in [0.1, 0.15) is 60.6 Å². The Morgan fingerprint density at radius 3 is 2.87 bits per heavy atom. The Morgan fingerprint density at radius 1 is 1.17 bits per heavy atom. The fourth-order valence-corrected chi connectivity index (χ4v) is 4.14. The molecule has 0 aliphatic carbocycles. The number of carboxylic acid groups (broad SMARTS) is 1. The van der Waals surface area contributed by atoms with Crippen molar-refractivity contribution in [3.05, 3.63) is 29.8 Å². The van der Waals surface area contributed by atoms with E-state index in [1.807, 2.05) is 22.0 Å². The first-order valence-corrected chi connectivity index (χ1v) is 10.6. The number of rotatable bonds is 7. The molecule has 30 heavy (non-hydrogen) atoms. The van der Waals surface area contributed by atoms with Crippen molar-refractivity contribution in [1.29, 1.82) is 0 Å². The van der Waals surface area contributed by atoms with Crippen molar-refractivity contribution < 1.29 is 19.4 Å². The standard InChI is InChI=1S/C20H28N6O4/c27-19(28)6-5-16-13-26(23-22-16)17-3-1-8-24(9-7-17)20(29)15-11-21-25(12-15)14-18-4-2-10-30-18/h11-13,17-18H,1-10,14H2,(H,27,28). The molecular formula is C20H28N6O4. The van der Waals surface area contributed by atoms with Crippen molar-refractivity contribution in [2.24, 2.45) is 0 Å². The summed E-state index contributed by atoms with van der Waals surface area (Å²) in [6.07, 6.45) is 10.6. The van der Waals surface area contributed by atoms with Gasteiger partial charge in [0.05, 0.1) is 42.6 Å². The molecule has 2 aromatic rings. The number of carbonyl (C=O) groups excluding carboxylic acids is 1. The summed E-state index contributed by atoms with van der Waals surface area (Å²) in [5, 5.41) is 21.4. The zero-order valence-electron chi connectivity index (χ0n) is 17.0. The molecule has 0 saturated carbocycles. The summed E-state index contributed by atoms with van der Waals surface area (Å²) >= 11 is 0. The van der Waals surface area contributed by atoms with Crippen molar-refractivity contribution in [1.82, 2.24) is 29.7 Å². The third-order valence-electron chi connectivity index (χ3n) is 5.81. The Bertz CT molecular complexity index is 872. The van der Waals surface area contributed by atoms with Gasteiger partial charge in [0.1, 0.15) is 0 Å². The highest BCUT2D eigenvalue weighted by molar-refractivity contribution is 5.93. The fraction of sp³-hybridized carbons (Fsp3) is 0.650. The molecule has 2 aliphatic heterocycles. The SMILES string of the molecule is O=C(O)CCc1cn(C2CCCN(C(=O)c3cnn(CC4CCCO4)c3)CC2)nn1. The molecule has 0 radical (unpaired) electrons. The molecule has 0 bridgehead atoms. The van der Waals surface area contributed by atoms with Gasteiger partial charge in [0.25, 0.3) is 5.91 Å². The topological polar surface area (TPSA) is 115 Å². The van der Waals surface area contributed by atoms with Crippen molar-refractivity contribution >= 4 is 11.9 Å². The van der Waals surface area contributed by atoms with E-state index in [1.165, 1.54) is 0 Å². The molecule has 2 atom stereocenters. The average Bonchev–Trinajstić information content (AvgIpc) is 3.47. The number of aromatic nitrogens is 5. The van der Waals surface area contributed by atoms with Crippen LogP contribution in [0.3, 0.4) is 0 Å². The van der Waals surface area contributed by atoms with Crippen molar-refractivity contribution in [2.45, 2.75) is 63.6 Å². The van der Waals surface area contributed by atoms with E-state index >= 15 is 0 Å². The summed E-state index contributed by atoms with van der Waals surface area (Å²) in [6.45, 7) is 2.84. The average molecular weight is 416 g/mol. The molecule has 1 N–H and O–H groups in total. The van der Waals surface area contributed by atoms with Gasteiger partial charge in [-0.1, -0.05) is 5.21 Å². The first-order valence-electron chi connectivity index (χ1n) is 10.6. The molecule has 2 unspecified atom stereocenters. The van der Waals surface area contributed by atoms with Crippen LogP contribution in [0, 0.1) is 0 Å². The van der Waals surface area contributed by atoms with Crippen LogP contribution < -0.4 is 0 Å². The van der Waals surface area contributed by atoms with Crippen LogP contribution >= 0.6 is 0 Å². The smallest absolute Gasteiger partial charge is 0.303 e. The normalized spacial score (nSPS) is 22.2. The lowest BCUT2D eigenvalue weighted by atomic mass is 10.1. The minimum Gasteiger partial charge on any atom is -0.481 e. The number of nitrogens with zero attached hydrogens (tertiary/aromatic N) is 6. The van der Waals surface area contributed by atoms with E-state index in [2.05, 4.69) is 15.4 Å². The van der Waals surface area contributed by atoms with Crippen LogP contribution in [0.4, 0.5) is 0 Å². The van der Waals surface area contributed by atoms with E-state index in [4.69, 9.17) is 9.84 Å². The van der Waals surface area contributed by atoms with Crippen molar-refractivity contribution in [3.8, 4) is 0 Å². The third kappa shape index (κ3) is 5.05. The predicted octanol–water partition coefficient (Wildman–Crippen LogP) is 1.54. The summed E-state index contributed by atoms with van der Waals surface area (Å²) in [6, 6.07) is 0.163. The van der Waals surface area contributed by atoms with Gasteiger partial charge in [-0.3, -0.25) is 14.3 Å². The number of carboxylic acids is 1. The van der Waals surface area contributed by atoms with Gasteiger partial charge in [-0.2, -0.15) is 5.10 Å². The monoisotopic (exact) mass is 416 g/mol. The van der Waals surface area contributed by atoms with Crippen molar-refractivity contribution in [2.75, 3.05) is 19.7 Å². The van der Waals surface area contributed by atoms with E-state index in [0.717, 1.165) is 38.7 Å². The number of likely N-dealkylation sites (tertiary alicyclic amines) is 1. The van der Waals surface area contributed by atoms with Gasteiger partial charge < -0.3 is 14.7 Å². The van der Waals surface area contributed by atoms with E-state index in [9.17, 15) is 9.59 Å². The van der Waals surface area contributed by atoms with E-state index in [1.54, 1.807) is 10.9 Å². The molecular weight excluding hydrogens is 388 g/mol. The molecule has 2 aromatic heterocycles. The maximum Gasteiger partial charge on any atom is 0.303 e. The van der Waals surface area contributed by atoms with E-state index in [-0.39, 0.29) is 24.5 Å². The molecule has 0 spiro atoms. The van der Waals surface area contributed by atoms with Crippen LogP contribution in [0.15, 0.2) is 18.6 Å². The molecule has 10 nitrogen and oxygen atoms in total. The summed E-state index contributed by atoms with van der Waals surface area (Å²) in [4.78, 5) is 25.6. The Labute approximate surface area is 174 Å². The summed E-state index contributed by atoms with van der Waals surface area (Å²) in [5.41, 5.74) is 1.30. The van der Waals surface area contributed by atoms with Gasteiger partial charge in [0.2, 0.25) is 0 Å². The second-order valence-electron chi connectivity index (χ2n) is 8.05. The lowest BCUT2D eigenvalue weighted by Gasteiger charge is -2.20. The van der Waals surface area contributed by atoms with Crippen LogP contribution in [0.2, 0.25) is 0 Å². The lowest BCUT2D eigenvalue weighted by molar-refractivity contribution is -0.136. The van der Waals surface area contributed by atoms with Gasteiger partial charge in [-0.15, -0.1) is 5.10 Å². The maximum absolute atomic E-state index is 13.0. The summed E-state index contributed by atoms with van der Waals surface area (Å²) in [5.74, 6) is -0.831. The highest BCUT2D eigenvalue weighted by Gasteiger charge is 2.25. The fourth-order valence-electron chi connectivity index (χ4n) is 4.14. The van der Waals surface area contributed by atoms with Gasteiger partial charge in [-0.05, 0) is 32.1 Å². The Kier molecular flexibility index (Phi) is 6.41. The maximum atomic E-state index is 13.0. The molecule has 162 valence electrons. The first-order chi connectivity index (χ1) is 14.6. The summed E-state index contributed by atoms with van der Waals surface area (Å²) < 4.78 is 9.27. The van der Waals surface area contributed by atoms with Crippen molar-refractivity contribution in [3.63, 3.8) is 0 Å². The number of carbonyl (C=O) groups is 2. The second kappa shape index (κ2) is 9.38. The molecule has 2 aliphatic rings. The Hall–Kier alpha value is -2.75. The van der Waals surface area contributed by atoms with Gasteiger partial charge >= 0.3 is 5.97 Å². The molecule has 2 saturated heterocycles. The van der Waals surface area contributed by atoms with Gasteiger partial charge in [-0.25, -0.2) is 4.68 Å². The molecule has 4 rings (SSSR count). The van der Waals surface area contributed by atoms with Crippen LogP contribution in [-0.2, 0) is 22.5 Å². The molecule has 2 fully saturated rings. The zero-order valence-corrected chi connectivity index (χ0v) is 17.0. The number of hydrogen-bond acceptors (Lipinski definition) is 6. The lowest BCUT2D eigenvalue weighted by Crippen LogP contribution is -2.32. The predicted molar refractivity (Wildman–Crippen MR) is 106 cm³/mol. The summed E-state index contributed by atoms with van der Waals surface area (Å²) in [7, 11) is 0. The van der Waals surface area contributed by atoms with Crippen LogP contribution in [-0.4, -0.2) is 72.5 Å². The Balaban J connectivity index is 1.32. The third-order valence-corrected chi connectivity index (χ3v) is 5.81. The number of amides is 1. The van der Waals surface area contributed by atoms with Gasteiger partial charge in [0, 0.05) is 38.5 Å². The molecule has 1 amide bonds. The van der Waals surface area contributed by atoms with E-state index in [0.29, 0.717) is 37.3 Å². The minimum absolute atomic E-state index is 0.00924. The zero-order chi connectivity index (χ0) is 20.9. The van der Waals surface area contributed by atoms with Crippen LogP contribution in [0.5, 0.6) is 0 Å². The first kappa shape index (κ1) is 20.5. The molecule has 0 aromatic carbocycles. The van der Waals surface area contributed by atoms with Gasteiger partial charge in [0.15, 0.2) is 0 Å². The highest BCUT2D eigenvalue weighted by Crippen LogP contribution is 2.23. The largest absolute Gasteiger partial charge is 0.481 e. The molecule has 4 heterocycles. The number of aryl methyl sites for hydroxylation is 1. The number of ether oxygens (including phenoxy) is 1. The minimum atomic E-state index is -0.840. The quantitative estimate of drug-likeness (QED) is 0.728. The molecule has 10 heteroatoms. The van der Waals surface area contributed by atoms with Crippen LogP contribution in [0.25, 0.3) is 0 Å². The highest BCUT2D eigenvalue weighted by atomic mass is 16.5. The number of aliphatic carboxylic acids is 1. The second-order valence-corrected chi connectivity index (χ2v) is 8.05.